The molecule has 0 saturated heterocycles. The lowest BCUT2D eigenvalue weighted by Crippen LogP contribution is -2.44. The van der Waals surface area contributed by atoms with Crippen molar-refractivity contribution in [2.75, 3.05) is 0 Å². The molecule has 1 fully saturated rings. The average molecular weight is 258 g/mol. The Hall–Kier alpha value is -0.823. The standard InChI is InChI=1S/C17H26Si/c1-15(14-16-10-6-4-7-11-16)18(2,3)17-12-8-5-9-13-17/h5,8-9,12-15H,4,6-7,10-11H2,1-3H3. The normalized spacial score (nSPS) is 18.5. The highest BCUT2D eigenvalue weighted by Crippen LogP contribution is 2.29. The second kappa shape index (κ2) is 5.88. The van der Waals surface area contributed by atoms with Gasteiger partial charge in [-0.25, -0.2) is 0 Å². The van der Waals surface area contributed by atoms with E-state index in [1.54, 1.807) is 10.8 Å². The van der Waals surface area contributed by atoms with Crippen molar-refractivity contribution in [3.63, 3.8) is 0 Å². The summed E-state index contributed by atoms with van der Waals surface area (Å²) in [5.74, 6) is 0. The second-order valence-corrected chi connectivity index (χ2v) is 11.2. The first-order valence-corrected chi connectivity index (χ1v) is 10.4. The molecule has 0 radical (unpaired) electrons. The van der Waals surface area contributed by atoms with Crippen molar-refractivity contribution in [1.29, 1.82) is 0 Å². The van der Waals surface area contributed by atoms with Gasteiger partial charge < -0.3 is 0 Å². The summed E-state index contributed by atoms with van der Waals surface area (Å²) in [6.45, 7) is 7.45. The first-order chi connectivity index (χ1) is 8.60. The molecule has 1 saturated carbocycles. The maximum Gasteiger partial charge on any atom is 0.0871 e. The van der Waals surface area contributed by atoms with Gasteiger partial charge in [0.15, 0.2) is 0 Å². The predicted molar refractivity (Wildman–Crippen MR) is 84.2 cm³/mol. The maximum atomic E-state index is 2.61. The number of hydrogen-bond donors (Lipinski definition) is 0. The molecular formula is C17H26Si. The molecule has 2 rings (SSSR count). The van der Waals surface area contributed by atoms with Crippen molar-refractivity contribution in [2.24, 2.45) is 0 Å². The van der Waals surface area contributed by atoms with Crippen LogP contribution in [-0.4, -0.2) is 8.07 Å². The molecule has 0 nitrogen and oxygen atoms in total. The Bertz CT molecular complexity index is 395. The fraction of sp³-hybridized carbons (Fsp3) is 0.529. The molecule has 98 valence electrons. The highest BCUT2D eigenvalue weighted by atomic mass is 28.3. The van der Waals surface area contributed by atoms with E-state index in [4.69, 9.17) is 0 Å². The fourth-order valence-electron chi connectivity index (χ4n) is 2.87. The topological polar surface area (TPSA) is 0 Å². The van der Waals surface area contributed by atoms with Crippen LogP contribution in [-0.2, 0) is 0 Å². The summed E-state index contributed by atoms with van der Waals surface area (Å²) in [4.78, 5) is 0. The summed E-state index contributed by atoms with van der Waals surface area (Å²) in [5, 5.41) is 1.59. The van der Waals surface area contributed by atoms with Crippen molar-refractivity contribution < 1.29 is 0 Å². The Kier molecular flexibility index (Phi) is 4.44. The molecule has 0 aliphatic heterocycles. The summed E-state index contributed by atoms with van der Waals surface area (Å²) in [6.07, 6.45) is 9.56. The van der Waals surface area contributed by atoms with Crippen LogP contribution in [0.15, 0.2) is 42.0 Å². The van der Waals surface area contributed by atoms with Gasteiger partial charge in [0.05, 0.1) is 8.07 Å². The van der Waals surface area contributed by atoms with Crippen molar-refractivity contribution in [3.8, 4) is 0 Å². The Morgan fingerprint density at radius 1 is 1.00 bits per heavy atom. The molecule has 1 unspecified atom stereocenters. The van der Waals surface area contributed by atoms with Gasteiger partial charge in [-0.3, -0.25) is 0 Å². The minimum Gasteiger partial charge on any atom is -0.0848 e. The summed E-state index contributed by atoms with van der Waals surface area (Å²) in [7, 11) is -1.34. The van der Waals surface area contributed by atoms with Gasteiger partial charge in [0, 0.05) is 0 Å². The quantitative estimate of drug-likeness (QED) is 0.535. The van der Waals surface area contributed by atoms with Crippen molar-refractivity contribution in [2.45, 2.75) is 57.7 Å². The van der Waals surface area contributed by atoms with Gasteiger partial charge in [-0.15, -0.1) is 0 Å². The van der Waals surface area contributed by atoms with E-state index in [0.29, 0.717) is 0 Å². The molecule has 0 spiro atoms. The smallest absolute Gasteiger partial charge is 0.0848 e. The molecule has 1 heteroatoms. The van der Waals surface area contributed by atoms with E-state index in [9.17, 15) is 0 Å². The van der Waals surface area contributed by atoms with Crippen LogP contribution in [0.1, 0.15) is 39.0 Å². The molecule has 1 aliphatic carbocycles. The summed E-state index contributed by atoms with van der Waals surface area (Å²) < 4.78 is 0. The van der Waals surface area contributed by atoms with E-state index in [-0.39, 0.29) is 0 Å². The maximum absolute atomic E-state index is 2.61. The van der Waals surface area contributed by atoms with Crippen molar-refractivity contribution in [1.82, 2.24) is 0 Å². The molecule has 0 heterocycles. The summed E-state index contributed by atoms with van der Waals surface area (Å²) in [5.41, 5.74) is 2.47. The second-order valence-electron chi connectivity index (χ2n) is 6.26. The molecule has 1 aromatic carbocycles. The van der Waals surface area contributed by atoms with Crippen molar-refractivity contribution >= 4 is 13.3 Å². The third-order valence-electron chi connectivity index (χ3n) is 4.64. The summed E-state index contributed by atoms with van der Waals surface area (Å²) >= 11 is 0. The zero-order chi connectivity index (χ0) is 13.0. The van der Waals surface area contributed by atoms with Gasteiger partial charge in [-0.1, -0.05) is 73.6 Å². The van der Waals surface area contributed by atoms with Gasteiger partial charge in [-0.05, 0) is 31.2 Å². The number of hydrogen-bond acceptors (Lipinski definition) is 0. The highest BCUT2D eigenvalue weighted by Gasteiger charge is 2.29. The Labute approximate surface area is 113 Å². The minimum absolute atomic E-state index is 0.744. The lowest BCUT2D eigenvalue weighted by atomic mass is 9.94. The zero-order valence-electron chi connectivity index (χ0n) is 12.1. The van der Waals surface area contributed by atoms with Crippen LogP contribution in [0.5, 0.6) is 0 Å². The van der Waals surface area contributed by atoms with Crippen LogP contribution in [0.25, 0.3) is 0 Å². The van der Waals surface area contributed by atoms with Gasteiger partial charge >= 0.3 is 0 Å². The SMILES string of the molecule is CC(C=C1CCCCC1)[Si](C)(C)c1ccccc1. The lowest BCUT2D eigenvalue weighted by Gasteiger charge is -2.29. The van der Waals surface area contributed by atoms with Crippen molar-refractivity contribution in [3.05, 3.63) is 42.0 Å². The molecule has 1 aliphatic rings. The molecular weight excluding hydrogens is 232 g/mol. The average Bonchev–Trinajstić information content (AvgIpc) is 2.41. The summed E-state index contributed by atoms with van der Waals surface area (Å²) in [6, 6.07) is 11.1. The Morgan fingerprint density at radius 2 is 1.61 bits per heavy atom. The van der Waals surface area contributed by atoms with Gasteiger partial charge in [0.25, 0.3) is 0 Å². The fourth-order valence-corrected chi connectivity index (χ4v) is 5.09. The molecule has 1 atom stereocenters. The van der Waals surface area contributed by atoms with Crippen LogP contribution in [0.3, 0.4) is 0 Å². The molecule has 0 bridgehead atoms. The molecule has 18 heavy (non-hydrogen) atoms. The first-order valence-electron chi connectivity index (χ1n) is 7.36. The predicted octanol–water partition coefficient (Wildman–Crippen LogP) is 4.88. The largest absolute Gasteiger partial charge is 0.0871 e. The van der Waals surface area contributed by atoms with E-state index in [0.717, 1.165) is 5.54 Å². The Balaban J connectivity index is 2.14. The third-order valence-corrected chi connectivity index (χ3v) is 8.90. The third kappa shape index (κ3) is 3.14. The highest BCUT2D eigenvalue weighted by molar-refractivity contribution is 6.91. The van der Waals surface area contributed by atoms with Crippen LogP contribution in [0, 0.1) is 0 Å². The van der Waals surface area contributed by atoms with Crippen LogP contribution in [0.4, 0.5) is 0 Å². The van der Waals surface area contributed by atoms with E-state index in [1.165, 1.54) is 32.1 Å². The number of rotatable bonds is 3. The van der Waals surface area contributed by atoms with E-state index >= 15 is 0 Å². The van der Waals surface area contributed by atoms with Gasteiger partial charge in [0.1, 0.15) is 0 Å². The van der Waals surface area contributed by atoms with E-state index in [2.05, 4.69) is 56.4 Å². The Morgan fingerprint density at radius 3 is 2.22 bits per heavy atom. The van der Waals surface area contributed by atoms with E-state index in [1.807, 2.05) is 0 Å². The first kappa shape index (κ1) is 13.6. The van der Waals surface area contributed by atoms with Crippen LogP contribution in [0.2, 0.25) is 18.6 Å². The molecule has 0 N–H and O–H groups in total. The minimum atomic E-state index is -1.34. The number of allylic oxidation sites excluding steroid dienone is 2. The molecule has 0 amide bonds. The lowest BCUT2D eigenvalue weighted by molar-refractivity contribution is 0.596. The monoisotopic (exact) mass is 258 g/mol. The van der Waals surface area contributed by atoms with Gasteiger partial charge in [-0.2, -0.15) is 0 Å². The van der Waals surface area contributed by atoms with Crippen LogP contribution >= 0.6 is 0 Å². The van der Waals surface area contributed by atoms with E-state index < -0.39 is 8.07 Å². The molecule has 1 aromatic rings. The zero-order valence-corrected chi connectivity index (χ0v) is 13.1. The van der Waals surface area contributed by atoms with Crippen LogP contribution < -0.4 is 5.19 Å². The molecule has 0 aromatic heterocycles. The van der Waals surface area contributed by atoms with Gasteiger partial charge in [0.2, 0.25) is 0 Å². The number of benzene rings is 1.